The van der Waals surface area contributed by atoms with Gasteiger partial charge in [-0.05, 0) is 20.0 Å². The second-order valence-electron chi connectivity index (χ2n) is 1.41. The van der Waals surface area contributed by atoms with Crippen LogP contribution in [-0.2, 0) is 4.84 Å². The van der Waals surface area contributed by atoms with Gasteiger partial charge in [0.25, 0.3) is 0 Å². The SMILES string of the molecule is C/C=C/C=N\OCNC. The van der Waals surface area contributed by atoms with E-state index in [-0.39, 0.29) is 0 Å². The van der Waals surface area contributed by atoms with Gasteiger partial charge < -0.3 is 4.84 Å². The van der Waals surface area contributed by atoms with E-state index < -0.39 is 0 Å². The van der Waals surface area contributed by atoms with Crippen LogP contribution in [0.1, 0.15) is 6.92 Å². The molecule has 0 amide bonds. The maximum absolute atomic E-state index is 4.69. The van der Waals surface area contributed by atoms with Crippen LogP contribution in [-0.4, -0.2) is 20.0 Å². The van der Waals surface area contributed by atoms with Gasteiger partial charge in [-0.2, -0.15) is 0 Å². The normalized spacial score (nSPS) is 11.3. The van der Waals surface area contributed by atoms with E-state index in [0.717, 1.165) is 0 Å². The van der Waals surface area contributed by atoms with Crippen molar-refractivity contribution in [3.8, 4) is 0 Å². The molecule has 1 N–H and O–H groups in total. The number of nitrogens with one attached hydrogen (secondary N) is 1. The lowest BCUT2D eigenvalue weighted by Crippen LogP contribution is -2.08. The Balaban J connectivity index is 3.04. The van der Waals surface area contributed by atoms with Gasteiger partial charge in [-0.3, -0.25) is 5.32 Å². The van der Waals surface area contributed by atoms with Gasteiger partial charge in [0.1, 0.15) is 0 Å². The van der Waals surface area contributed by atoms with Gasteiger partial charge in [0.05, 0.1) is 6.21 Å². The van der Waals surface area contributed by atoms with Crippen molar-refractivity contribution in [1.82, 2.24) is 5.32 Å². The smallest absolute Gasteiger partial charge is 0.168 e. The molecule has 0 aromatic rings. The summed E-state index contributed by atoms with van der Waals surface area (Å²) in [5.41, 5.74) is 0. The fourth-order valence-corrected chi connectivity index (χ4v) is 0.266. The molecule has 0 fully saturated rings. The summed E-state index contributed by atoms with van der Waals surface area (Å²) in [7, 11) is 1.80. The Labute approximate surface area is 55.4 Å². The molecule has 0 saturated heterocycles. The summed E-state index contributed by atoms with van der Waals surface area (Å²) < 4.78 is 0. The van der Waals surface area contributed by atoms with Crippen molar-refractivity contribution in [3.05, 3.63) is 12.2 Å². The largest absolute Gasteiger partial charge is 0.380 e. The van der Waals surface area contributed by atoms with Crippen LogP contribution in [0.2, 0.25) is 0 Å². The van der Waals surface area contributed by atoms with Crippen molar-refractivity contribution in [3.63, 3.8) is 0 Å². The van der Waals surface area contributed by atoms with Gasteiger partial charge in [-0.25, -0.2) is 0 Å². The van der Waals surface area contributed by atoms with Crippen LogP contribution < -0.4 is 5.32 Å². The first-order valence-corrected chi connectivity index (χ1v) is 2.83. The summed E-state index contributed by atoms with van der Waals surface area (Å²) in [6, 6.07) is 0. The fraction of sp³-hybridized carbons (Fsp3) is 0.500. The van der Waals surface area contributed by atoms with E-state index in [1.807, 2.05) is 13.0 Å². The van der Waals surface area contributed by atoms with Crippen LogP contribution in [0.4, 0.5) is 0 Å². The van der Waals surface area contributed by atoms with E-state index >= 15 is 0 Å². The van der Waals surface area contributed by atoms with E-state index in [4.69, 9.17) is 4.84 Å². The van der Waals surface area contributed by atoms with E-state index in [1.165, 1.54) is 0 Å². The zero-order valence-corrected chi connectivity index (χ0v) is 5.79. The predicted octanol–water partition coefficient (Wildman–Crippen LogP) is 0.742. The third kappa shape index (κ3) is 7.17. The summed E-state index contributed by atoms with van der Waals surface area (Å²) >= 11 is 0. The minimum Gasteiger partial charge on any atom is -0.380 e. The molecule has 0 saturated carbocycles. The average Bonchev–Trinajstić information content (AvgIpc) is 1.89. The minimum atomic E-state index is 0.452. The molecule has 0 aliphatic heterocycles. The molecule has 0 aliphatic carbocycles. The predicted molar refractivity (Wildman–Crippen MR) is 38.3 cm³/mol. The number of oxime groups is 1. The van der Waals surface area contributed by atoms with Gasteiger partial charge in [0.2, 0.25) is 0 Å². The molecule has 3 nitrogen and oxygen atoms in total. The Kier molecular flexibility index (Phi) is 6.51. The molecular weight excluding hydrogens is 116 g/mol. The first kappa shape index (κ1) is 8.17. The molecule has 52 valence electrons. The highest BCUT2D eigenvalue weighted by atomic mass is 16.6. The number of hydrogen-bond acceptors (Lipinski definition) is 3. The first-order valence-electron chi connectivity index (χ1n) is 2.83. The third-order valence-electron chi connectivity index (χ3n) is 0.623. The van der Waals surface area contributed by atoms with Crippen molar-refractivity contribution >= 4 is 6.21 Å². The van der Waals surface area contributed by atoms with Gasteiger partial charge in [-0.15, -0.1) is 0 Å². The molecule has 0 radical (unpaired) electrons. The molecule has 0 bridgehead atoms. The third-order valence-corrected chi connectivity index (χ3v) is 0.623. The molecule has 0 unspecified atom stereocenters. The summed E-state index contributed by atoms with van der Waals surface area (Å²) in [5, 5.41) is 6.36. The van der Waals surface area contributed by atoms with Crippen molar-refractivity contribution in [2.24, 2.45) is 5.16 Å². The molecule has 9 heavy (non-hydrogen) atoms. The maximum Gasteiger partial charge on any atom is 0.168 e. The van der Waals surface area contributed by atoms with Gasteiger partial charge in [0, 0.05) is 0 Å². The van der Waals surface area contributed by atoms with Crippen molar-refractivity contribution in [2.75, 3.05) is 13.8 Å². The Morgan fingerprint density at radius 2 is 2.44 bits per heavy atom. The Bertz CT molecular complexity index is 99.2. The average molecular weight is 128 g/mol. The zero-order valence-electron chi connectivity index (χ0n) is 5.79. The summed E-state index contributed by atoms with van der Waals surface area (Å²) in [4.78, 5) is 4.69. The van der Waals surface area contributed by atoms with Crippen LogP contribution in [0, 0.1) is 0 Å². The molecule has 0 aromatic carbocycles. The Morgan fingerprint density at radius 3 is 3.00 bits per heavy atom. The lowest BCUT2D eigenvalue weighted by atomic mass is 10.6. The molecule has 0 aliphatic rings. The topological polar surface area (TPSA) is 33.6 Å². The summed E-state index contributed by atoms with van der Waals surface area (Å²) in [5.74, 6) is 0. The highest BCUT2D eigenvalue weighted by Gasteiger charge is 1.70. The van der Waals surface area contributed by atoms with Gasteiger partial charge >= 0.3 is 0 Å². The van der Waals surface area contributed by atoms with Gasteiger partial charge in [0.15, 0.2) is 6.73 Å². The highest BCUT2D eigenvalue weighted by Crippen LogP contribution is 1.70. The standard InChI is InChI=1S/C6H12N2O/c1-3-4-5-8-9-6-7-2/h3-5,7H,6H2,1-2H3/b4-3+,8-5-. The lowest BCUT2D eigenvalue weighted by Gasteiger charge is -1.92. The highest BCUT2D eigenvalue weighted by molar-refractivity contribution is 5.70. The molecule has 0 rings (SSSR count). The van der Waals surface area contributed by atoms with Crippen LogP contribution in [0.5, 0.6) is 0 Å². The van der Waals surface area contributed by atoms with E-state index in [1.54, 1.807) is 19.3 Å². The molecule has 0 spiro atoms. The quantitative estimate of drug-likeness (QED) is 0.262. The van der Waals surface area contributed by atoms with Crippen LogP contribution in [0.25, 0.3) is 0 Å². The number of nitrogens with zero attached hydrogens (tertiary/aromatic N) is 1. The Hall–Kier alpha value is -0.830. The monoisotopic (exact) mass is 128 g/mol. The van der Waals surface area contributed by atoms with E-state index in [9.17, 15) is 0 Å². The van der Waals surface area contributed by atoms with Crippen LogP contribution in [0.15, 0.2) is 17.3 Å². The molecule has 0 aromatic heterocycles. The number of hydrogen-bond donors (Lipinski definition) is 1. The van der Waals surface area contributed by atoms with Crippen molar-refractivity contribution in [2.45, 2.75) is 6.92 Å². The second kappa shape index (κ2) is 7.17. The molecular formula is C6H12N2O. The number of rotatable bonds is 4. The summed E-state index contributed by atoms with van der Waals surface area (Å²) in [6.07, 6.45) is 5.28. The minimum absolute atomic E-state index is 0.452. The van der Waals surface area contributed by atoms with E-state index in [2.05, 4.69) is 10.5 Å². The molecule has 0 atom stereocenters. The second-order valence-corrected chi connectivity index (χ2v) is 1.41. The fourth-order valence-electron chi connectivity index (χ4n) is 0.266. The zero-order chi connectivity index (χ0) is 6.95. The Morgan fingerprint density at radius 1 is 1.67 bits per heavy atom. The summed E-state index contributed by atoms with van der Waals surface area (Å²) in [6.45, 7) is 2.37. The number of allylic oxidation sites excluding steroid dienone is 2. The van der Waals surface area contributed by atoms with Crippen LogP contribution >= 0.6 is 0 Å². The van der Waals surface area contributed by atoms with Crippen LogP contribution in [0.3, 0.4) is 0 Å². The van der Waals surface area contributed by atoms with Gasteiger partial charge in [-0.1, -0.05) is 11.2 Å². The molecule has 0 heterocycles. The van der Waals surface area contributed by atoms with E-state index in [0.29, 0.717) is 6.73 Å². The molecule has 3 heteroatoms. The maximum atomic E-state index is 4.69. The lowest BCUT2D eigenvalue weighted by molar-refractivity contribution is 0.133. The van der Waals surface area contributed by atoms with Crippen molar-refractivity contribution in [1.29, 1.82) is 0 Å². The van der Waals surface area contributed by atoms with Crippen molar-refractivity contribution < 1.29 is 4.84 Å². The first-order chi connectivity index (χ1) is 4.41.